The van der Waals surface area contributed by atoms with Crippen LogP contribution in [0.2, 0.25) is 0 Å². The highest BCUT2D eigenvalue weighted by atomic mass is 79.9. The largest absolute Gasteiger partial charge is 0.207 e. The lowest BCUT2D eigenvalue weighted by atomic mass is 9.86. The predicted octanol–water partition coefficient (Wildman–Crippen LogP) is 3.50. The van der Waals surface area contributed by atoms with E-state index in [2.05, 4.69) is 21.9 Å². The van der Waals surface area contributed by atoms with Gasteiger partial charge >= 0.3 is 0 Å². The van der Waals surface area contributed by atoms with Crippen molar-refractivity contribution < 1.29 is 4.39 Å². The minimum Gasteiger partial charge on any atom is -0.207 e. The molecule has 0 saturated carbocycles. The van der Waals surface area contributed by atoms with Crippen molar-refractivity contribution in [2.75, 3.05) is 0 Å². The summed E-state index contributed by atoms with van der Waals surface area (Å²) in [5.74, 6) is 2.35. The molecule has 68 valence electrons. The third kappa shape index (κ3) is 2.32. The van der Waals surface area contributed by atoms with E-state index in [4.69, 9.17) is 6.42 Å². The third-order valence-corrected chi connectivity index (χ3v) is 2.40. The molecule has 0 aromatic heterocycles. The molecule has 0 aliphatic heterocycles. The van der Waals surface area contributed by atoms with Gasteiger partial charge in [0.1, 0.15) is 5.82 Å². The van der Waals surface area contributed by atoms with E-state index in [0.29, 0.717) is 4.47 Å². The fraction of sp³-hybridized carbons (Fsp3) is 0.273. The van der Waals surface area contributed by atoms with E-state index >= 15 is 0 Å². The van der Waals surface area contributed by atoms with Crippen molar-refractivity contribution in [3.05, 3.63) is 34.1 Å². The van der Waals surface area contributed by atoms with Gasteiger partial charge in [0.15, 0.2) is 0 Å². The van der Waals surface area contributed by atoms with Crippen LogP contribution >= 0.6 is 15.9 Å². The van der Waals surface area contributed by atoms with Crippen LogP contribution in [0.25, 0.3) is 0 Å². The van der Waals surface area contributed by atoms with Crippen LogP contribution < -0.4 is 0 Å². The minimum atomic E-state index is -0.426. The summed E-state index contributed by atoms with van der Waals surface area (Å²) in [5, 5.41) is 0. The Kier molecular flexibility index (Phi) is 2.77. The summed E-state index contributed by atoms with van der Waals surface area (Å²) in [6.07, 6.45) is 5.35. The molecule has 1 rings (SSSR count). The Morgan fingerprint density at radius 2 is 2.00 bits per heavy atom. The molecule has 0 bridgehead atoms. The molecule has 1 aromatic rings. The van der Waals surface area contributed by atoms with Gasteiger partial charge in [0, 0.05) is 4.47 Å². The second-order valence-corrected chi connectivity index (χ2v) is 4.34. The van der Waals surface area contributed by atoms with Crippen molar-refractivity contribution in [2.45, 2.75) is 19.3 Å². The maximum Gasteiger partial charge on any atom is 0.124 e. The fourth-order valence-corrected chi connectivity index (χ4v) is 1.46. The predicted molar refractivity (Wildman–Crippen MR) is 56.0 cm³/mol. The zero-order chi connectivity index (χ0) is 10.1. The van der Waals surface area contributed by atoms with Crippen LogP contribution in [0.1, 0.15) is 19.4 Å². The molecule has 0 nitrogen and oxygen atoms in total. The van der Waals surface area contributed by atoms with Crippen LogP contribution in [0.15, 0.2) is 22.7 Å². The highest BCUT2D eigenvalue weighted by molar-refractivity contribution is 9.10. The maximum absolute atomic E-state index is 13.0. The Labute approximate surface area is 86.3 Å². The lowest BCUT2D eigenvalue weighted by molar-refractivity contribution is 0.613. The zero-order valence-corrected chi connectivity index (χ0v) is 9.15. The van der Waals surface area contributed by atoms with Crippen molar-refractivity contribution in [1.82, 2.24) is 0 Å². The van der Waals surface area contributed by atoms with E-state index in [1.165, 1.54) is 12.1 Å². The van der Waals surface area contributed by atoms with Crippen LogP contribution in [0.5, 0.6) is 0 Å². The summed E-state index contributed by atoms with van der Waals surface area (Å²) in [6, 6.07) is 4.71. The highest BCUT2D eigenvalue weighted by Gasteiger charge is 2.18. The first-order valence-corrected chi connectivity index (χ1v) is 4.69. The monoisotopic (exact) mass is 240 g/mol. The molecule has 0 aliphatic carbocycles. The summed E-state index contributed by atoms with van der Waals surface area (Å²) in [5.41, 5.74) is 0.381. The van der Waals surface area contributed by atoms with Gasteiger partial charge in [0.25, 0.3) is 0 Å². The number of hydrogen-bond donors (Lipinski definition) is 0. The van der Waals surface area contributed by atoms with Crippen molar-refractivity contribution in [3.8, 4) is 12.3 Å². The molecule has 0 atom stereocenters. The van der Waals surface area contributed by atoms with E-state index in [0.717, 1.165) is 5.56 Å². The fourth-order valence-electron chi connectivity index (χ4n) is 0.998. The normalized spacial score (nSPS) is 11.0. The Morgan fingerprint density at radius 1 is 1.38 bits per heavy atom. The highest BCUT2D eigenvalue weighted by Crippen LogP contribution is 2.26. The van der Waals surface area contributed by atoms with E-state index in [9.17, 15) is 4.39 Å². The van der Waals surface area contributed by atoms with Crippen LogP contribution in [-0.4, -0.2) is 0 Å². The second kappa shape index (κ2) is 3.51. The molecule has 0 unspecified atom stereocenters. The summed E-state index contributed by atoms with van der Waals surface area (Å²) in [4.78, 5) is 0. The second-order valence-electron chi connectivity index (χ2n) is 3.43. The van der Waals surface area contributed by atoms with Gasteiger partial charge in [-0.3, -0.25) is 0 Å². The average molecular weight is 241 g/mol. The molecule has 0 fully saturated rings. The standard InChI is InChI=1S/C11H10BrF/c1-4-11(2,3)8-5-9(12)7-10(13)6-8/h1,5-7H,2-3H3. The Hall–Kier alpha value is -0.810. The van der Waals surface area contributed by atoms with Gasteiger partial charge in [-0.25, -0.2) is 4.39 Å². The van der Waals surface area contributed by atoms with Gasteiger partial charge in [0.2, 0.25) is 0 Å². The van der Waals surface area contributed by atoms with E-state index in [1.54, 1.807) is 0 Å². The lowest BCUT2D eigenvalue weighted by Crippen LogP contribution is -2.13. The molecule has 0 heterocycles. The summed E-state index contributed by atoms with van der Waals surface area (Å²) >= 11 is 3.23. The average Bonchev–Trinajstić information content (AvgIpc) is 2.02. The van der Waals surface area contributed by atoms with Crippen LogP contribution in [0.4, 0.5) is 4.39 Å². The maximum atomic E-state index is 13.0. The Morgan fingerprint density at radius 3 is 2.46 bits per heavy atom. The summed E-state index contributed by atoms with van der Waals surface area (Å²) in [6.45, 7) is 3.77. The SMILES string of the molecule is C#CC(C)(C)c1cc(F)cc(Br)c1. The van der Waals surface area contributed by atoms with Crippen molar-refractivity contribution in [1.29, 1.82) is 0 Å². The summed E-state index contributed by atoms with van der Waals surface area (Å²) < 4.78 is 13.7. The minimum absolute atomic E-state index is 0.271. The van der Waals surface area contributed by atoms with Crippen LogP contribution in [0.3, 0.4) is 0 Å². The molecule has 0 N–H and O–H groups in total. The Bertz CT molecular complexity index is 341. The molecule has 0 aliphatic rings. The quantitative estimate of drug-likeness (QED) is 0.660. The topological polar surface area (TPSA) is 0 Å². The van der Waals surface area contributed by atoms with E-state index < -0.39 is 5.41 Å². The smallest absolute Gasteiger partial charge is 0.124 e. The van der Waals surface area contributed by atoms with E-state index in [-0.39, 0.29) is 5.82 Å². The molecule has 0 spiro atoms. The van der Waals surface area contributed by atoms with Gasteiger partial charge in [0.05, 0.1) is 5.41 Å². The van der Waals surface area contributed by atoms with Crippen molar-refractivity contribution in [2.24, 2.45) is 0 Å². The molecule has 13 heavy (non-hydrogen) atoms. The lowest BCUT2D eigenvalue weighted by Gasteiger charge is -2.18. The molecular weight excluding hydrogens is 231 g/mol. The number of rotatable bonds is 1. The molecule has 0 saturated heterocycles. The van der Waals surface area contributed by atoms with Crippen LogP contribution in [-0.2, 0) is 5.41 Å². The molecule has 2 heteroatoms. The van der Waals surface area contributed by atoms with Gasteiger partial charge in [-0.1, -0.05) is 21.9 Å². The first kappa shape index (κ1) is 10.3. The Balaban J connectivity index is 3.25. The molecule has 0 amide bonds. The zero-order valence-electron chi connectivity index (χ0n) is 7.57. The third-order valence-electron chi connectivity index (χ3n) is 1.95. The number of halogens is 2. The van der Waals surface area contributed by atoms with Gasteiger partial charge < -0.3 is 0 Å². The van der Waals surface area contributed by atoms with Crippen molar-refractivity contribution in [3.63, 3.8) is 0 Å². The molecule has 1 aromatic carbocycles. The van der Waals surface area contributed by atoms with Crippen molar-refractivity contribution >= 4 is 15.9 Å². The first-order chi connectivity index (χ1) is 5.95. The first-order valence-electron chi connectivity index (χ1n) is 3.90. The van der Waals surface area contributed by atoms with E-state index in [1.807, 2.05) is 19.9 Å². The van der Waals surface area contributed by atoms with Gasteiger partial charge in [-0.15, -0.1) is 6.42 Å². The van der Waals surface area contributed by atoms with Crippen LogP contribution in [0, 0.1) is 18.2 Å². The number of hydrogen-bond acceptors (Lipinski definition) is 0. The molecule has 0 radical (unpaired) electrons. The summed E-state index contributed by atoms with van der Waals surface area (Å²) in [7, 11) is 0. The number of terminal acetylenes is 1. The van der Waals surface area contributed by atoms with Gasteiger partial charge in [-0.2, -0.15) is 0 Å². The number of benzene rings is 1. The van der Waals surface area contributed by atoms with Gasteiger partial charge in [-0.05, 0) is 37.6 Å². The molecular formula is C11H10BrF.